The van der Waals surface area contributed by atoms with E-state index in [1.807, 2.05) is 55.5 Å². The summed E-state index contributed by atoms with van der Waals surface area (Å²) in [6, 6.07) is 15.8. The molecule has 1 N–H and O–H groups in total. The lowest BCUT2D eigenvalue weighted by atomic mass is 9.98. The topological polar surface area (TPSA) is 104 Å². The fourth-order valence-electron chi connectivity index (χ4n) is 2.52. The Morgan fingerprint density at radius 2 is 1.61 bits per heavy atom. The van der Waals surface area contributed by atoms with Crippen LogP contribution in [0.15, 0.2) is 53.6 Å². The van der Waals surface area contributed by atoms with Gasteiger partial charge in [0.1, 0.15) is 5.75 Å². The van der Waals surface area contributed by atoms with Crippen molar-refractivity contribution in [2.24, 2.45) is 5.11 Å². The molecule has 28 heavy (non-hydrogen) atoms. The highest BCUT2D eigenvalue weighted by molar-refractivity contribution is 7.90. The zero-order valence-corrected chi connectivity index (χ0v) is 17.2. The van der Waals surface area contributed by atoms with Crippen molar-refractivity contribution in [3.8, 4) is 16.9 Å². The molecule has 0 radical (unpaired) electrons. The summed E-state index contributed by atoms with van der Waals surface area (Å²) in [4.78, 5) is 2.68. The van der Waals surface area contributed by atoms with Crippen LogP contribution >= 0.6 is 0 Å². The number of nitrogens with zero attached hydrogens (tertiary/aromatic N) is 3. The molecule has 0 bridgehead atoms. The van der Waals surface area contributed by atoms with Crippen LogP contribution in [0.2, 0.25) is 0 Å². The molecule has 0 heterocycles. The van der Waals surface area contributed by atoms with E-state index in [4.69, 9.17) is 10.3 Å². The van der Waals surface area contributed by atoms with Gasteiger partial charge < -0.3 is 4.74 Å². The van der Waals surface area contributed by atoms with E-state index in [-0.39, 0.29) is 5.92 Å². The average Bonchev–Trinajstić information content (AvgIpc) is 2.70. The quantitative estimate of drug-likeness (QED) is 0.274. The molecule has 0 saturated carbocycles. The molecule has 7 nitrogen and oxygen atoms in total. The zero-order valence-electron chi connectivity index (χ0n) is 16.4. The summed E-state index contributed by atoms with van der Waals surface area (Å²) in [5.41, 5.74) is 11.4. The van der Waals surface area contributed by atoms with E-state index in [1.165, 1.54) is 0 Å². The molecule has 150 valence electrons. The van der Waals surface area contributed by atoms with Crippen molar-refractivity contribution in [3.63, 3.8) is 0 Å². The van der Waals surface area contributed by atoms with Crippen molar-refractivity contribution in [1.29, 1.82) is 0 Å². The normalized spacial score (nSPS) is 12.4. The Labute approximate surface area is 166 Å². The van der Waals surface area contributed by atoms with E-state index in [0.29, 0.717) is 19.7 Å². The minimum absolute atomic E-state index is 0.0782. The van der Waals surface area contributed by atoms with Crippen molar-refractivity contribution in [3.05, 3.63) is 64.5 Å². The van der Waals surface area contributed by atoms with Crippen molar-refractivity contribution in [1.82, 2.24) is 4.72 Å². The summed E-state index contributed by atoms with van der Waals surface area (Å²) >= 11 is 0. The van der Waals surface area contributed by atoms with E-state index < -0.39 is 15.3 Å². The minimum Gasteiger partial charge on any atom is -0.493 e. The highest BCUT2D eigenvalue weighted by atomic mass is 32.2. The second-order valence-electron chi connectivity index (χ2n) is 6.79. The molecule has 0 saturated heterocycles. The number of nitrogens with one attached hydrogen (secondary N) is 1. The molecule has 0 aliphatic rings. The average molecular weight is 403 g/mol. The summed E-state index contributed by atoms with van der Waals surface area (Å²) in [5, 5.41) is 2.99. The number of sulfonamides is 1. The third-order valence-electron chi connectivity index (χ3n) is 4.40. The van der Waals surface area contributed by atoms with Crippen LogP contribution in [0.1, 0.15) is 32.3 Å². The van der Waals surface area contributed by atoms with Crippen LogP contribution < -0.4 is 9.46 Å². The predicted molar refractivity (Wildman–Crippen MR) is 112 cm³/mol. The lowest BCUT2D eigenvalue weighted by Gasteiger charge is -2.15. The third kappa shape index (κ3) is 6.27. The molecule has 0 aromatic heterocycles. The summed E-state index contributed by atoms with van der Waals surface area (Å²) in [5.74, 6) is 0.800. The van der Waals surface area contributed by atoms with Crippen molar-refractivity contribution < 1.29 is 13.2 Å². The Kier molecular flexibility index (Phi) is 7.87. The van der Waals surface area contributed by atoms with Gasteiger partial charge in [0.25, 0.3) is 0 Å². The Balaban J connectivity index is 1.97. The molecule has 0 aliphatic carbocycles. The molecule has 0 aliphatic heterocycles. The Hall–Kier alpha value is -2.54. The second-order valence-corrected chi connectivity index (χ2v) is 9.11. The van der Waals surface area contributed by atoms with Crippen molar-refractivity contribution >= 4 is 10.0 Å². The van der Waals surface area contributed by atoms with Crippen LogP contribution in [0.3, 0.4) is 0 Å². The Morgan fingerprint density at radius 3 is 2.14 bits per heavy atom. The number of rotatable bonds is 10. The maximum atomic E-state index is 11.9. The molecule has 0 fully saturated rings. The molecule has 0 amide bonds. The summed E-state index contributed by atoms with van der Waals surface area (Å²) in [6.45, 7) is 6.35. The first-order chi connectivity index (χ1) is 13.3. The van der Waals surface area contributed by atoms with Gasteiger partial charge >= 0.3 is 0 Å². The van der Waals surface area contributed by atoms with Gasteiger partial charge in [-0.25, -0.2) is 13.1 Å². The number of azide groups is 1. The van der Waals surface area contributed by atoms with Crippen LogP contribution in [0.5, 0.6) is 5.75 Å². The van der Waals surface area contributed by atoms with E-state index in [0.717, 1.165) is 22.4 Å². The standard InChI is InChI=1S/C20H26N4O3S/c1-15(2)28(25,26)23-14-16(3)17-4-6-18(7-5-17)19-8-10-20(11-9-19)27-13-12-22-24-21/h4-11,15-16,23H,12-14H2,1-3H3. The SMILES string of the molecule is CC(CNS(=O)(=O)C(C)C)c1ccc(-c2ccc(OCCN=[N+]=[N-])cc2)cc1. The maximum Gasteiger partial charge on any atom is 0.213 e. The van der Waals surface area contributed by atoms with Gasteiger partial charge in [0.2, 0.25) is 10.0 Å². The number of hydrogen-bond acceptors (Lipinski definition) is 4. The Morgan fingerprint density at radius 1 is 1.04 bits per heavy atom. The number of hydrogen-bond donors (Lipinski definition) is 1. The molecule has 1 unspecified atom stereocenters. The van der Waals surface area contributed by atoms with Gasteiger partial charge in [-0.1, -0.05) is 48.4 Å². The minimum atomic E-state index is -3.25. The van der Waals surface area contributed by atoms with Gasteiger partial charge in [0.15, 0.2) is 0 Å². The van der Waals surface area contributed by atoms with Crippen LogP contribution in [0.25, 0.3) is 21.6 Å². The van der Waals surface area contributed by atoms with Crippen molar-refractivity contribution in [2.75, 3.05) is 19.7 Å². The molecule has 8 heteroatoms. The van der Waals surface area contributed by atoms with Crippen LogP contribution in [-0.2, 0) is 10.0 Å². The highest BCUT2D eigenvalue weighted by Gasteiger charge is 2.17. The van der Waals surface area contributed by atoms with Crippen LogP contribution in [0, 0.1) is 0 Å². The van der Waals surface area contributed by atoms with Gasteiger partial charge in [-0.05, 0) is 54.1 Å². The molecule has 2 aromatic carbocycles. The van der Waals surface area contributed by atoms with Gasteiger partial charge in [-0.15, -0.1) is 0 Å². The maximum absolute atomic E-state index is 11.9. The predicted octanol–water partition coefficient (Wildman–Crippen LogP) is 4.47. The molecular formula is C20H26N4O3S. The fraction of sp³-hybridized carbons (Fsp3) is 0.400. The van der Waals surface area contributed by atoms with Gasteiger partial charge in [0, 0.05) is 11.5 Å². The molecule has 2 aromatic rings. The first-order valence-electron chi connectivity index (χ1n) is 9.16. The third-order valence-corrected chi connectivity index (χ3v) is 6.21. The van der Waals surface area contributed by atoms with Gasteiger partial charge in [0.05, 0.1) is 18.4 Å². The highest BCUT2D eigenvalue weighted by Crippen LogP contribution is 2.25. The van der Waals surface area contributed by atoms with E-state index in [9.17, 15) is 8.42 Å². The van der Waals surface area contributed by atoms with Gasteiger partial charge in [-0.3, -0.25) is 0 Å². The number of ether oxygens (including phenoxy) is 1. The summed E-state index contributed by atoms with van der Waals surface area (Å²) < 4.78 is 31.9. The summed E-state index contributed by atoms with van der Waals surface area (Å²) in [6.07, 6.45) is 0. The smallest absolute Gasteiger partial charge is 0.213 e. The van der Waals surface area contributed by atoms with Crippen LogP contribution in [0.4, 0.5) is 0 Å². The summed E-state index contributed by atoms with van der Waals surface area (Å²) in [7, 11) is -3.25. The lowest BCUT2D eigenvalue weighted by Crippen LogP contribution is -2.33. The molecule has 2 rings (SSSR count). The van der Waals surface area contributed by atoms with Gasteiger partial charge in [-0.2, -0.15) is 0 Å². The molecule has 0 spiro atoms. The first-order valence-corrected chi connectivity index (χ1v) is 10.7. The Bertz CT molecular complexity index is 903. The zero-order chi connectivity index (χ0) is 20.6. The van der Waals surface area contributed by atoms with E-state index in [2.05, 4.69) is 14.7 Å². The van der Waals surface area contributed by atoms with E-state index in [1.54, 1.807) is 13.8 Å². The fourth-order valence-corrected chi connectivity index (χ4v) is 3.34. The largest absolute Gasteiger partial charge is 0.493 e. The van der Waals surface area contributed by atoms with E-state index >= 15 is 0 Å². The van der Waals surface area contributed by atoms with Crippen LogP contribution in [-0.4, -0.2) is 33.4 Å². The molecular weight excluding hydrogens is 376 g/mol. The van der Waals surface area contributed by atoms with Crippen molar-refractivity contribution in [2.45, 2.75) is 31.9 Å². The lowest BCUT2D eigenvalue weighted by molar-refractivity contribution is 0.328. The second kappa shape index (κ2) is 10.1. The monoisotopic (exact) mass is 402 g/mol. The first kappa shape index (κ1) is 21.8. The molecule has 1 atom stereocenters. The number of benzene rings is 2.